The molecule has 10 nitrogen and oxygen atoms in total. The number of ether oxygens (including phenoxy) is 2. The highest BCUT2D eigenvalue weighted by Crippen LogP contribution is 2.14. The van der Waals surface area contributed by atoms with Crippen molar-refractivity contribution in [3.8, 4) is 5.75 Å². The highest BCUT2D eigenvalue weighted by Gasteiger charge is 2.31. The lowest BCUT2D eigenvalue weighted by Crippen LogP contribution is -2.58. The summed E-state index contributed by atoms with van der Waals surface area (Å²) in [5.74, 6) is -1.13. The first kappa shape index (κ1) is 31.3. The second kappa shape index (κ2) is 16.1. The van der Waals surface area contributed by atoms with Crippen LogP contribution in [0.4, 0.5) is 0 Å². The van der Waals surface area contributed by atoms with Crippen LogP contribution in [0.15, 0.2) is 84.9 Å². The van der Waals surface area contributed by atoms with Gasteiger partial charge in [0.2, 0.25) is 11.8 Å². The number of nitrogens with two attached hydrogens (primary N) is 1. The van der Waals surface area contributed by atoms with Crippen molar-refractivity contribution in [2.24, 2.45) is 5.73 Å². The average molecular weight is 563 g/mol. The third-order valence-electron chi connectivity index (χ3n) is 6.50. The van der Waals surface area contributed by atoms with E-state index in [1.807, 2.05) is 60.7 Å². The summed E-state index contributed by atoms with van der Waals surface area (Å²) in [6.45, 7) is 0.190. The summed E-state index contributed by atoms with van der Waals surface area (Å²) in [6.07, 6.45) is -1.25. The molecule has 0 saturated carbocycles. The highest BCUT2D eigenvalue weighted by atomic mass is 16.5. The van der Waals surface area contributed by atoms with Gasteiger partial charge in [-0.15, -0.1) is 0 Å². The molecule has 41 heavy (non-hydrogen) atoms. The summed E-state index contributed by atoms with van der Waals surface area (Å²) in [7, 11) is 2.98. The normalized spacial score (nSPS) is 13.8. The Morgan fingerprint density at radius 3 is 1.93 bits per heavy atom. The minimum absolute atomic E-state index is 0.0281. The van der Waals surface area contributed by atoms with E-state index in [1.54, 1.807) is 31.4 Å². The number of hydrogen-bond acceptors (Lipinski definition) is 7. The van der Waals surface area contributed by atoms with Crippen LogP contribution in [0.2, 0.25) is 0 Å². The molecule has 0 aromatic heterocycles. The highest BCUT2D eigenvalue weighted by molar-refractivity contribution is 5.90. The molecule has 3 amide bonds. The first-order chi connectivity index (χ1) is 19.8. The minimum atomic E-state index is -1.56. The van der Waals surface area contributed by atoms with E-state index in [-0.39, 0.29) is 26.0 Å². The van der Waals surface area contributed by atoms with Gasteiger partial charge in [-0.25, -0.2) is 0 Å². The maximum absolute atomic E-state index is 13.6. The smallest absolute Gasteiger partial charge is 0.251 e. The first-order valence-corrected chi connectivity index (χ1v) is 13.3. The van der Waals surface area contributed by atoms with Gasteiger partial charge in [-0.1, -0.05) is 72.8 Å². The first-order valence-electron chi connectivity index (χ1n) is 13.3. The monoisotopic (exact) mass is 562 g/mol. The number of amides is 3. The zero-order valence-corrected chi connectivity index (χ0v) is 23.3. The average Bonchev–Trinajstić information content (AvgIpc) is 3.00. The molecular weight excluding hydrogens is 524 g/mol. The number of rotatable bonds is 15. The van der Waals surface area contributed by atoms with Gasteiger partial charge in [0.05, 0.1) is 19.8 Å². The van der Waals surface area contributed by atoms with Crippen molar-refractivity contribution >= 4 is 17.7 Å². The van der Waals surface area contributed by atoms with E-state index in [2.05, 4.69) is 16.0 Å². The molecule has 10 heteroatoms. The molecule has 0 aliphatic carbocycles. The van der Waals surface area contributed by atoms with Crippen LogP contribution >= 0.6 is 0 Å². The quantitative estimate of drug-likeness (QED) is 0.186. The van der Waals surface area contributed by atoms with Gasteiger partial charge >= 0.3 is 0 Å². The SMILES string of the molecule is COC[C@H](N)C(=O)N[C@@H](Cc1ccc(OC)cc1)C(=O)N[C@@H](Cc1ccccc1)C(O)C(=O)NCc1ccccc1. The lowest BCUT2D eigenvalue weighted by atomic mass is 9.98. The summed E-state index contributed by atoms with van der Waals surface area (Å²) in [4.78, 5) is 39.3. The maximum Gasteiger partial charge on any atom is 0.251 e. The van der Waals surface area contributed by atoms with Crippen molar-refractivity contribution in [3.05, 3.63) is 102 Å². The van der Waals surface area contributed by atoms with Gasteiger partial charge < -0.3 is 36.3 Å². The van der Waals surface area contributed by atoms with Gasteiger partial charge in [0, 0.05) is 20.1 Å². The summed E-state index contributed by atoms with van der Waals surface area (Å²) in [6, 6.07) is 22.6. The summed E-state index contributed by atoms with van der Waals surface area (Å²) >= 11 is 0. The number of carbonyl (C=O) groups excluding carboxylic acids is 3. The van der Waals surface area contributed by atoms with Crippen LogP contribution in [-0.2, 0) is 38.5 Å². The van der Waals surface area contributed by atoms with Gasteiger partial charge in [0.15, 0.2) is 6.10 Å². The van der Waals surface area contributed by atoms with Crippen molar-refractivity contribution in [3.63, 3.8) is 0 Å². The van der Waals surface area contributed by atoms with Gasteiger partial charge in [-0.3, -0.25) is 14.4 Å². The molecule has 0 fully saturated rings. The molecule has 0 aliphatic rings. The van der Waals surface area contributed by atoms with Crippen LogP contribution in [0.1, 0.15) is 16.7 Å². The van der Waals surface area contributed by atoms with Crippen LogP contribution < -0.4 is 26.4 Å². The number of hydrogen-bond donors (Lipinski definition) is 5. The van der Waals surface area contributed by atoms with E-state index < -0.39 is 42.0 Å². The number of aliphatic hydroxyl groups excluding tert-OH is 1. The Kier molecular flexibility index (Phi) is 12.3. The number of nitrogens with one attached hydrogen (secondary N) is 3. The summed E-state index contributed by atoms with van der Waals surface area (Å²) < 4.78 is 10.2. The van der Waals surface area contributed by atoms with Crippen molar-refractivity contribution in [1.82, 2.24) is 16.0 Å². The van der Waals surface area contributed by atoms with E-state index in [0.717, 1.165) is 16.7 Å². The van der Waals surface area contributed by atoms with Crippen LogP contribution in [0.3, 0.4) is 0 Å². The molecule has 0 saturated heterocycles. The van der Waals surface area contributed by atoms with Crippen molar-refractivity contribution < 1.29 is 29.0 Å². The Labute approximate surface area is 240 Å². The third-order valence-corrected chi connectivity index (χ3v) is 6.50. The van der Waals surface area contributed by atoms with Crippen LogP contribution in [0, 0.1) is 0 Å². The fourth-order valence-electron chi connectivity index (χ4n) is 4.21. The molecule has 4 atom stereocenters. The lowest BCUT2D eigenvalue weighted by molar-refractivity contribution is -0.134. The lowest BCUT2D eigenvalue weighted by Gasteiger charge is -2.27. The van der Waals surface area contributed by atoms with Gasteiger partial charge in [0.25, 0.3) is 5.91 Å². The van der Waals surface area contributed by atoms with E-state index in [9.17, 15) is 19.5 Å². The number of carbonyl (C=O) groups is 3. The van der Waals surface area contributed by atoms with E-state index in [0.29, 0.717) is 5.75 Å². The predicted molar refractivity (Wildman–Crippen MR) is 155 cm³/mol. The molecule has 3 aromatic rings. The Hall–Kier alpha value is -4.25. The molecule has 1 unspecified atom stereocenters. The van der Waals surface area contributed by atoms with E-state index >= 15 is 0 Å². The van der Waals surface area contributed by atoms with Gasteiger partial charge in [0.1, 0.15) is 17.8 Å². The Balaban J connectivity index is 1.80. The fraction of sp³-hybridized carbons (Fsp3) is 0.323. The molecule has 218 valence electrons. The maximum atomic E-state index is 13.6. The zero-order valence-electron chi connectivity index (χ0n) is 23.3. The van der Waals surface area contributed by atoms with Crippen LogP contribution in [-0.4, -0.2) is 67.9 Å². The second-order valence-corrected chi connectivity index (χ2v) is 9.63. The molecule has 3 aromatic carbocycles. The van der Waals surface area contributed by atoms with E-state index in [4.69, 9.17) is 15.2 Å². The Bertz CT molecular complexity index is 1240. The van der Waals surface area contributed by atoms with Crippen molar-refractivity contribution in [2.75, 3.05) is 20.8 Å². The van der Waals surface area contributed by atoms with E-state index in [1.165, 1.54) is 7.11 Å². The molecule has 0 bridgehead atoms. The predicted octanol–water partition coefficient (Wildman–Crippen LogP) is 1.10. The van der Waals surface area contributed by atoms with Gasteiger partial charge in [-0.2, -0.15) is 0 Å². The Morgan fingerprint density at radius 1 is 0.756 bits per heavy atom. The molecule has 0 radical (unpaired) electrons. The minimum Gasteiger partial charge on any atom is -0.497 e. The molecular formula is C31H38N4O6. The van der Waals surface area contributed by atoms with Crippen molar-refractivity contribution in [2.45, 2.75) is 43.6 Å². The standard InChI is InChI=1S/C31H38N4O6/c1-40-20-25(32)29(37)35-27(18-22-13-15-24(41-2)16-14-22)30(38)34-26(17-21-9-5-3-6-10-21)28(36)31(39)33-19-23-11-7-4-8-12-23/h3-16,25-28,36H,17-20,32H2,1-2H3,(H,33,39)(H,34,38)(H,35,37)/t25-,26-,27-,28?/m0/s1. The van der Waals surface area contributed by atoms with Crippen LogP contribution in [0.5, 0.6) is 5.75 Å². The second-order valence-electron chi connectivity index (χ2n) is 9.63. The fourth-order valence-corrected chi connectivity index (χ4v) is 4.21. The number of benzene rings is 3. The molecule has 0 heterocycles. The largest absolute Gasteiger partial charge is 0.497 e. The number of aliphatic hydroxyl groups is 1. The van der Waals surface area contributed by atoms with Crippen LogP contribution in [0.25, 0.3) is 0 Å². The summed E-state index contributed by atoms with van der Waals surface area (Å²) in [5, 5.41) is 19.3. The topological polar surface area (TPSA) is 152 Å². The Morgan fingerprint density at radius 2 is 1.34 bits per heavy atom. The van der Waals surface area contributed by atoms with Crippen molar-refractivity contribution in [1.29, 1.82) is 0 Å². The number of methoxy groups -OCH3 is 2. The molecule has 3 rings (SSSR count). The van der Waals surface area contributed by atoms with Gasteiger partial charge in [-0.05, 0) is 35.2 Å². The zero-order chi connectivity index (χ0) is 29.6. The molecule has 0 aliphatic heterocycles. The third kappa shape index (κ3) is 10.0. The molecule has 0 spiro atoms. The molecule has 6 N–H and O–H groups in total. The summed E-state index contributed by atoms with van der Waals surface area (Å²) in [5.41, 5.74) is 8.34.